The number of nitrogens with two attached hydrogens (primary N) is 2. The van der Waals surface area contributed by atoms with E-state index in [1.54, 1.807) is 62.6 Å². The molecule has 0 atom stereocenters. The molecule has 0 unspecified atom stereocenters. The molecule has 0 fully saturated rings. The van der Waals surface area contributed by atoms with Gasteiger partial charge in [0.05, 0.1) is 5.69 Å². The van der Waals surface area contributed by atoms with Gasteiger partial charge < -0.3 is 16.8 Å². The largest absolute Gasteiger partial charge is 0.399 e. The van der Waals surface area contributed by atoms with Crippen LogP contribution in [-0.2, 0) is 17.9 Å². The standard InChI is InChI=1S/C22H25ClN8O2/c1-27-30(2)21-22(33)31(18(19(23)29-21)15-4-3-5-16(24)10-15)12-17(32)28-11-13-6-8-14(9-7-13)20(25)26/h3-10,27H,11-12,24H2,1-2H3,(H3,25,26)(H,28,32). The molecule has 1 heterocycles. The van der Waals surface area contributed by atoms with E-state index in [0.29, 0.717) is 22.5 Å². The van der Waals surface area contributed by atoms with Gasteiger partial charge in [-0.1, -0.05) is 48.0 Å². The SMILES string of the molecule is CNN(C)c1nc(Cl)c(-c2cccc(N)c2)n(CC(=O)NCc2ccc(C(=N)N)cc2)c1=O. The molecular formula is C22H25ClN8O2. The number of nitrogens with zero attached hydrogens (tertiary/aromatic N) is 3. The highest BCUT2D eigenvalue weighted by atomic mass is 35.5. The first kappa shape index (κ1) is 23.8. The second-order valence-electron chi connectivity index (χ2n) is 7.26. The lowest BCUT2D eigenvalue weighted by Gasteiger charge is -2.20. The lowest BCUT2D eigenvalue weighted by Crippen LogP contribution is -2.40. The van der Waals surface area contributed by atoms with Gasteiger partial charge >= 0.3 is 0 Å². The Hall–Kier alpha value is -3.89. The number of anilines is 2. The first-order valence-corrected chi connectivity index (χ1v) is 10.4. The van der Waals surface area contributed by atoms with Gasteiger partial charge in [-0.2, -0.15) is 0 Å². The maximum atomic E-state index is 13.2. The van der Waals surface area contributed by atoms with Gasteiger partial charge in [0.1, 0.15) is 12.4 Å². The molecule has 0 saturated heterocycles. The molecular weight excluding hydrogens is 444 g/mol. The van der Waals surface area contributed by atoms with Gasteiger partial charge in [0.15, 0.2) is 5.15 Å². The van der Waals surface area contributed by atoms with Crippen LogP contribution < -0.4 is 32.8 Å². The van der Waals surface area contributed by atoms with Gasteiger partial charge in [0.25, 0.3) is 5.56 Å². The lowest BCUT2D eigenvalue weighted by atomic mass is 10.1. The Morgan fingerprint density at radius 2 is 1.94 bits per heavy atom. The average molecular weight is 469 g/mol. The van der Waals surface area contributed by atoms with Crippen LogP contribution in [0.1, 0.15) is 11.1 Å². The van der Waals surface area contributed by atoms with Crippen molar-refractivity contribution in [2.45, 2.75) is 13.1 Å². The molecule has 0 aliphatic rings. The van der Waals surface area contributed by atoms with Crippen LogP contribution in [0.4, 0.5) is 11.5 Å². The lowest BCUT2D eigenvalue weighted by molar-refractivity contribution is -0.121. The van der Waals surface area contributed by atoms with Crippen LogP contribution in [0.5, 0.6) is 0 Å². The van der Waals surface area contributed by atoms with E-state index in [1.807, 2.05) is 0 Å². The van der Waals surface area contributed by atoms with Gasteiger partial charge in [0.2, 0.25) is 11.7 Å². The molecule has 7 N–H and O–H groups in total. The predicted octanol–water partition coefficient (Wildman–Crippen LogP) is 1.32. The highest BCUT2D eigenvalue weighted by Crippen LogP contribution is 2.28. The van der Waals surface area contributed by atoms with E-state index in [1.165, 1.54) is 9.58 Å². The Kier molecular flexibility index (Phi) is 7.31. The van der Waals surface area contributed by atoms with Gasteiger partial charge in [-0.05, 0) is 17.7 Å². The molecule has 2 aromatic carbocycles. The van der Waals surface area contributed by atoms with E-state index in [9.17, 15) is 9.59 Å². The predicted molar refractivity (Wildman–Crippen MR) is 130 cm³/mol. The van der Waals surface area contributed by atoms with Crippen LogP contribution >= 0.6 is 11.6 Å². The smallest absolute Gasteiger partial charge is 0.295 e. The number of nitrogens with one attached hydrogen (secondary N) is 3. The third-order valence-corrected chi connectivity index (χ3v) is 5.24. The molecule has 33 heavy (non-hydrogen) atoms. The van der Waals surface area contributed by atoms with Crippen LogP contribution in [0.15, 0.2) is 53.3 Å². The quantitative estimate of drug-likeness (QED) is 0.144. The van der Waals surface area contributed by atoms with Crippen LogP contribution in [0.2, 0.25) is 5.15 Å². The number of carbonyl (C=O) groups excluding carboxylic acids is 1. The van der Waals surface area contributed by atoms with Gasteiger partial charge in [0, 0.05) is 37.5 Å². The number of rotatable bonds is 8. The molecule has 11 heteroatoms. The maximum Gasteiger partial charge on any atom is 0.295 e. The summed E-state index contributed by atoms with van der Waals surface area (Å²) >= 11 is 6.47. The maximum absolute atomic E-state index is 13.2. The number of amides is 1. The number of aromatic nitrogens is 2. The summed E-state index contributed by atoms with van der Waals surface area (Å²) in [5, 5.41) is 11.7. The number of nitrogen functional groups attached to an aromatic ring is 2. The van der Waals surface area contributed by atoms with Crippen LogP contribution in [-0.4, -0.2) is 35.4 Å². The van der Waals surface area contributed by atoms with Crippen molar-refractivity contribution >= 4 is 34.8 Å². The second-order valence-corrected chi connectivity index (χ2v) is 7.62. The van der Waals surface area contributed by atoms with E-state index < -0.39 is 11.5 Å². The molecule has 10 nitrogen and oxygen atoms in total. The number of hydrogen-bond donors (Lipinski definition) is 5. The summed E-state index contributed by atoms with van der Waals surface area (Å²) in [6, 6.07) is 13.8. The summed E-state index contributed by atoms with van der Waals surface area (Å²) in [4.78, 5) is 30.2. The van der Waals surface area contributed by atoms with Gasteiger partial charge in [-0.3, -0.25) is 24.6 Å². The number of amidine groups is 1. The van der Waals surface area contributed by atoms with Crippen molar-refractivity contribution in [3.8, 4) is 11.3 Å². The van der Waals surface area contributed by atoms with Crippen molar-refractivity contribution in [2.75, 3.05) is 24.8 Å². The normalized spacial score (nSPS) is 10.6. The number of hydrazine groups is 1. The zero-order valence-electron chi connectivity index (χ0n) is 18.2. The Labute approximate surface area is 195 Å². The molecule has 3 aromatic rings. The van der Waals surface area contributed by atoms with Crippen LogP contribution in [0.25, 0.3) is 11.3 Å². The first-order chi connectivity index (χ1) is 15.7. The fourth-order valence-electron chi connectivity index (χ4n) is 3.17. The molecule has 3 rings (SSSR count). The van der Waals surface area contributed by atoms with Crippen molar-refractivity contribution in [1.29, 1.82) is 5.41 Å². The summed E-state index contributed by atoms with van der Waals surface area (Å²) < 4.78 is 1.28. The highest BCUT2D eigenvalue weighted by Gasteiger charge is 2.21. The Morgan fingerprint density at radius 3 is 2.55 bits per heavy atom. The fourth-order valence-corrected chi connectivity index (χ4v) is 3.46. The Morgan fingerprint density at radius 1 is 1.24 bits per heavy atom. The number of hydrogen-bond acceptors (Lipinski definition) is 7. The van der Waals surface area contributed by atoms with Crippen LogP contribution in [0, 0.1) is 5.41 Å². The fraction of sp³-hybridized carbons (Fsp3) is 0.182. The minimum Gasteiger partial charge on any atom is -0.399 e. The number of halogens is 1. The van der Waals surface area contributed by atoms with Gasteiger partial charge in [-0.15, -0.1) is 0 Å². The minimum absolute atomic E-state index is 0.0315. The average Bonchev–Trinajstić information content (AvgIpc) is 2.79. The van der Waals surface area contributed by atoms with E-state index in [4.69, 9.17) is 28.5 Å². The van der Waals surface area contributed by atoms with Crippen molar-refractivity contribution in [3.63, 3.8) is 0 Å². The molecule has 0 aliphatic carbocycles. The topological polar surface area (TPSA) is 155 Å². The Balaban J connectivity index is 1.92. The number of carbonyl (C=O) groups is 1. The van der Waals surface area contributed by atoms with E-state index in [2.05, 4.69) is 15.7 Å². The first-order valence-electron chi connectivity index (χ1n) is 9.98. The molecule has 0 aliphatic heterocycles. The van der Waals surface area contributed by atoms with E-state index >= 15 is 0 Å². The molecule has 0 bridgehead atoms. The summed E-state index contributed by atoms with van der Waals surface area (Å²) in [5.74, 6) is -0.378. The third kappa shape index (κ3) is 5.48. The van der Waals surface area contributed by atoms with Crippen molar-refractivity contribution < 1.29 is 4.79 Å². The minimum atomic E-state index is -0.491. The molecule has 1 aromatic heterocycles. The number of benzene rings is 2. The van der Waals surface area contributed by atoms with Crippen molar-refractivity contribution in [2.24, 2.45) is 5.73 Å². The van der Waals surface area contributed by atoms with E-state index in [-0.39, 0.29) is 29.9 Å². The molecule has 172 valence electrons. The van der Waals surface area contributed by atoms with Crippen LogP contribution in [0.3, 0.4) is 0 Å². The summed E-state index contributed by atoms with van der Waals surface area (Å²) in [6.45, 7) is -0.0389. The molecule has 0 radical (unpaired) electrons. The third-order valence-electron chi connectivity index (χ3n) is 4.98. The zero-order chi connectivity index (χ0) is 24.1. The van der Waals surface area contributed by atoms with Crippen molar-refractivity contribution in [3.05, 3.63) is 75.2 Å². The summed E-state index contributed by atoms with van der Waals surface area (Å²) in [6.07, 6.45) is 0. The van der Waals surface area contributed by atoms with Gasteiger partial charge in [-0.25, -0.2) is 10.4 Å². The highest BCUT2D eigenvalue weighted by molar-refractivity contribution is 6.32. The van der Waals surface area contributed by atoms with E-state index in [0.717, 1.165) is 5.56 Å². The molecule has 0 saturated carbocycles. The summed E-state index contributed by atoms with van der Waals surface area (Å²) in [5.41, 5.74) is 16.4. The Bertz CT molecular complexity index is 1240. The zero-order valence-corrected chi connectivity index (χ0v) is 19.0. The second kappa shape index (κ2) is 10.2. The molecule has 0 spiro atoms. The summed E-state index contributed by atoms with van der Waals surface area (Å²) in [7, 11) is 3.25. The van der Waals surface area contributed by atoms with Crippen molar-refractivity contribution in [1.82, 2.24) is 20.3 Å². The molecule has 1 amide bonds. The monoisotopic (exact) mass is 468 g/mol.